The van der Waals surface area contributed by atoms with Gasteiger partial charge in [-0.15, -0.1) is 11.3 Å². The minimum Gasteiger partial charge on any atom is -0.363 e. The van der Waals surface area contributed by atoms with Gasteiger partial charge in [-0.05, 0) is 47.1 Å². The number of ketones is 1. The summed E-state index contributed by atoms with van der Waals surface area (Å²) in [6.45, 7) is 26.2. The molecule has 3 atom stereocenters. The fraction of sp³-hybridized carbons (Fsp3) is 0.769. The third-order valence-corrected chi connectivity index (χ3v) is 10.00. The zero-order valence-corrected chi connectivity index (χ0v) is 39.2. The van der Waals surface area contributed by atoms with Crippen LogP contribution in [0.4, 0.5) is 9.80 Å². The van der Waals surface area contributed by atoms with Gasteiger partial charge in [0.05, 0.1) is 12.6 Å². The first-order valence-corrected chi connectivity index (χ1v) is 21.1. The lowest BCUT2D eigenvalue weighted by Crippen LogP contribution is -2.61. The van der Waals surface area contributed by atoms with Crippen LogP contribution in [0.25, 0.3) is 0 Å². The van der Waals surface area contributed by atoms with Crippen molar-refractivity contribution < 1.29 is 28.3 Å². The van der Waals surface area contributed by atoms with E-state index in [-0.39, 0.29) is 25.0 Å². The van der Waals surface area contributed by atoms with Crippen LogP contribution in [0.3, 0.4) is 0 Å². The summed E-state index contributed by atoms with van der Waals surface area (Å²) in [6.07, 6.45) is 6.68. The number of nitrogens with zero attached hydrogens (tertiary/aromatic N) is 3. The topological polar surface area (TPSA) is 166 Å². The van der Waals surface area contributed by atoms with Crippen molar-refractivity contribution in [1.29, 1.82) is 0 Å². The Hall–Kier alpha value is -2.53. The average molecular weight is 836 g/mol. The molecule has 1 saturated heterocycles. The molecule has 55 heavy (non-hydrogen) atoms. The molecule has 13 nitrogen and oxygen atoms in total. The van der Waals surface area contributed by atoms with Crippen molar-refractivity contribution in [3.63, 3.8) is 0 Å². The number of hydrogen-bond acceptors (Lipinski definition) is 10. The first-order chi connectivity index (χ1) is 25.2. The van der Waals surface area contributed by atoms with Crippen molar-refractivity contribution in [2.24, 2.45) is 22.5 Å². The summed E-state index contributed by atoms with van der Waals surface area (Å²) in [6, 6.07) is 1.31. The summed E-state index contributed by atoms with van der Waals surface area (Å²) >= 11 is 2.76. The molecule has 0 spiro atoms. The van der Waals surface area contributed by atoms with E-state index in [0.717, 1.165) is 10.9 Å². The summed E-state index contributed by atoms with van der Waals surface area (Å²) in [5.74, 6) is -1.96. The number of likely N-dealkylation sites (N-methyl/N-ethyl adjacent to an activating group) is 1. The van der Waals surface area contributed by atoms with Crippen molar-refractivity contribution in [2.45, 2.75) is 147 Å². The maximum absolute atomic E-state index is 13.7. The van der Waals surface area contributed by atoms with Crippen LogP contribution in [0.1, 0.15) is 129 Å². The number of anilines is 1. The van der Waals surface area contributed by atoms with E-state index in [1.807, 2.05) is 98.1 Å². The van der Waals surface area contributed by atoms with Crippen molar-refractivity contribution in [3.8, 4) is 0 Å². The first-order valence-electron chi connectivity index (χ1n) is 19.5. The number of nitrogens with two attached hydrogens (primary N) is 1. The second kappa shape index (κ2) is 29.7. The van der Waals surface area contributed by atoms with E-state index >= 15 is 0 Å². The van der Waals surface area contributed by atoms with Crippen LogP contribution in [-0.4, -0.2) is 91.4 Å². The van der Waals surface area contributed by atoms with Crippen LogP contribution in [0, 0.1) is 16.7 Å². The minimum absolute atomic E-state index is 0. The van der Waals surface area contributed by atoms with E-state index in [2.05, 4.69) is 36.7 Å². The van der Waals surface area contributed by atoms with Gasteiger partial charge in [0.25, 0.3) is 5.91 Å². The summed E-state index contributed by atoms with van der Waals surface area (Å²) in [7, 11) is 3.68. The van der Waals surface area contributed by atoms with Gasteiger partial charge in [-0.1, -0.05) is 116 Å². The monoisotopic (exact) mass is 836 g/mol. The van der Waals surface area contributed by atoms with Gasteiger partial charge in [-0.2, -0.15) is 18.6 Å². The second-order valence-electron chi connectivity index (χ2n) is 15.2. The lowest BCUT2D eigenvalue weighted by Gasteiger charge is -2.37. The van der Waals surface area contributed by atoms with E-state index in [0.29, 0.717) is 25.9 Å². The number of rotatable bonds is 13. The predicted molar refractivity (Wildman–Crippen MR) is 236 cm³/mol. The molecule has 3 rings (SSSR count). The largest absolute Gasteiger partial charge is 0.363 e. The highest BCUT2D eigenvalue weighted by atomic mass is 32.2. The first kappa shape index (κ1) is 56.8. The molecule has 0 aromatic carbocycles. The Kier molecular flexibility index (Phi) is 30.6. The molecule has 1 aromatic rings. The number of thiophene rings is 1. The Morgan fingerprint density at radius 1 is 0.964 bits per heavy atom. The van der Waals surface area contributed by atoms with E-state index in [4.69, 9.17) is 10.0 Å². The highest BCUT2D eigenvalue weighted by Crippen LogP contribution is 2.29. The molecule has 1 aliphatic heterocycles. The molecular weight excluding hydrogens is 759 g/mol. The number of hydrogen-bond donors (Lipinski definition) is 4. The van der Waals surface area contributed by atoms with Gasteiger partial charge in [0.1, 0.15) is 29.3 Å². The molecule has 3 unspecified atom stereocenters. The predicted octanol–water partition coefficient (Wildman–Crippen LogP) is 7.29. The SMILES string of the molecule is CC.CC.CC1CCC1.CCC.CN(CC(NC(=O)NC(C(=O)N1CCCC1C(=O)NCC(=O)C(N)=O)C(C)(C)C)C(C)(C)C)OSN(C)c1cccs1.S. The number of amides is 5. The lowest BCUT2D eigenvalue weighted by molar-refractivity contribution is -0.142. The molecule has 5 amide bonds. The smallest absolute Gasteiger partial charge is 0.315 e. The number of carbonyl (C=O) groups excluding carboxylic acids is 5. The Labute approximate surface area is 349 Å². The summed E-state index contributed by atoms with van der Waals surface area (Å²) in [5.41, 5.74) is 3.93. The molecule has 2 fully saturated rings. The van der Waals surface area contributed by atoms with E-state index < -0.39 is 53.6 Å². The molecule has 1 aliphatic carbocycles. The normalized spacial score (nSPS) is 15.9. The van der Waals surface area contributed by atoms with Crippen LogP contribution >= 0.6 is 37.1 Å². The number of carbonyl (C=O) groups is 5. The minimum atomic E-state index is -1.14. The van der Waals surface area contributed by atoms with Gasteiger partial charge >= 0.3 is 6.03 Å². The average Bonchev–Trinajstić information content (AvgIpc) is 3.82. The van der Waals surface area contributed by atoms with Gasteiger partial charge in [0.15, 0.2) is 0 Å². The van der Waals surface area contributed by atoms with Crippen molar-refractivity contribution in [1.82, 2.24) is 25.9 Å². The van der Waals surface area contributed by atoms with Crippen LogP contribution in [0.2, 0.25) is 0 Å². The number of primary amides is 1. The molecule has 1 aromatic heterocycles. The van der Waals surface area contributed by atoms with Crippen LogP contribution < -0.4 is 26.0 Å². The summed E-state index contributed by atoms with van der Waals surface area (Å²) < 4.78 is 7.72. The Balaban J connectivity index is -0.00000181. The van der Waals surface area contributed by atoms with Gasteiger partial charge in [-0.25, -0.2) is 9.08 Å². The van der Waals surface area contributed by atoms with Gasteiger partial charge in [0, 0.05) is 27.2 Å². The Bertz CT molecular complexity index is 1220. The molecule has 0 radical (unpaired) electrons. The molecule has 0 bridgehead atoms. The lowest BCUT2D eigenvalue weighted by atomic mass is 9.85. The van der Waals surface area contributed by atoms with Crippen molar-refractivity contribution >= 4 is 71.6 Å². The van der Waals surface area contributed by atoms with Crippen molar-refractivity contribution in [2.75, 3.05) is 38.0 Å². The van der Waals surface area contributed by atoms with Crippen LogP contribution in [0.5, 0.6) is 0 Å². The van der Waals surface area contributed by atoms with Gasteiger partial charge < -0.3 is 26.6 Å². The summed E-state index contributed by atoms with van der Waals surface area (Å²) in [5, 5.41) is 12.9. The third-order valence-electron chi connectivity index (χ3n) is 8.20. The zero-order valence-electron chi connectivity index (χ0n) is 36.6. The Morgan fingerprint density at radius 3 is 1.93 bits per heavy atom. The second-order valence-corrected chi connectivity index (χ2v) is 17.0. The van der Waals surface area contributed by atoms with E-state index in [9.17, 15) is 24.0 Å². The zero-order chi connectivity index (χ0) is 42.2. The number of urea groups is 1. The van der Waals surface area contributed by atoms with Gasteiger partial charge in [0.2, 0.25) is 17.6 Å². The van der Waals surface area contributed by atoms with Crippen LogP contribution in [0.15, 0.2) is 17.5 Å². The van der Waals surface area contributed by atoms with Crippen LogP contribution in [-0.2, 0) is 23.5 Å². The number of hydroxylamine groups is 2. The Morgan fingerprint density at radius 2 is 1.51 bits per heavy atom. The molecule has 5 N–H and O–H groups in total. The molecule has 1 saturated carbocycles. The standard InChI is InChI=1S/C27H45N7O6S2.C5H10.C3H8.2C2H6.H2S/c1-26(2,3)19(16-32(7)40-42-33(8)20-12-10-14-41-20)30-25(39)31-21(27(4,5)6)24(38)34-13-9-11-17(34)23(37)29-15-18(35)22(28)36;1-5-3-2-4-5;1-3-2;2*1-2;/h10,12,14,17,19,21H,9,11,13,15-16H2,1-8H3,(H2,28,36)(H,29,37)(H2,30,31,39);5H,2-4H2,1H3;3H2,1-2H3;2*1-2H3;1H2. The molecule has 16 heteroatoms. The van der Waals surface area contributed by atoms with Gasteiger partial charge in [-0.3, -0.25) is 23.5 Å². The summed E-state index contributed by atoms with van der Waals surface area (Å²) in [4.78, 5) is 63.8. The van der Waals surface area contributed by atoms with Crippen molar-refractivity contribution in [3.05, 3.63) is 17.5 Å². The quantitative estimate of drug-likeness (QED) is 0.0691. The number of Topliss-reactive ketones (excluding diaryl/α,β-unsaturated/α-hetero) is 1. The fourth-order valence-corrected chi connectivity index (χ4v) is 6.08. The highest BCUT2D eigenvalue weighted by Gasteiger charge is 2.42. The maximum Gasteiger partial charge on any atom is 0.315 e. The molecule has 2 aliphatic rings. The maximum atomic E-state index is 13.7. The number of likely N-dealkylation sites (tertiary alicyclic amines) is 1. The third kappa shape index (κ3) is 22.7. The fourth-order valence-electron chi connectivity index (χ4n) is 4.85. The molecular formula is C39H77N7O6S3. The molecule has 322 valence electrons. The highest BCUT2D eigenvalue weighted by molar-refractivity contribution is 7.96. The molecule has 2 heterocycles. The van der Waals surface area contributed by atoms with E-state index in [1.165, 1.54) is 42.8 Å². The number of nitrogens with one attached hydrogen (secondary N) is 3. The van der Waals surface area contributed by atoms with E-state index in [1.54, 1.807) is 23.4 Å².